The van der Waals surface area contributed by atoms with E-state index >= 15 is 0 Å². The summed E-state index contributed by atoms with van der Waals surface area (Å²) in [6.45, 7) is 4.36. The lowest BCUT2D eigenvalue weighted by atomic mass is 10.0. The molecule has 1 fully saturated rings. The molecular weight excluding hydrogens is 128 g/mol. The molecule has 10 heavy (non-hydrogen) atoms. The predicted molar refractivity (Wildman–Crippen MR) is 39.4 cm³/mol. The van der Waals surface area contributed by atoms with Crippen molar-refractivity contribution in [2.45, 2.75) is 13.3 Å². The standard InChI is InChI=1S/C7H14N2O/c1-2-7(10)9-4-6(3-8)5-9/h6H,2-5,8H2,1H3. The molecule has 0 atom stereocenters. The van der Waals surface area contributed by atoms with E-state index in [1.807, 2.05) is 11.8 Å². The fourth-order valence-corrected chi connectivity index (χ4v) is 1.15. The van der Waals surface area contributed by atoms with Crippen LogP contribution in [0.2, 0.25) is 0 Å². The molecule has 0 aromatic heterocycles. The predicted octanol–water partition coefficient (Wildman–Crippen LogP) is -0.187. The Morgan fingerprint density at radius 3 is 2.70 bits per heavy atom. The number of nitrogens with two attached hydrogens (primary N) is 1. The fourth-order valence-electron chi connectivity index (χ4n) is 1.15. The number of nitrogens with zero attached hydrogens (tertiary/aromatic N) is 1. The molecule has 3 heteroatoms. The summed E-state index contributed by atoms with van der Waals surface area (Å²) in [6, 6.07) is 0. The van der Waals surface area contributed by atoms with Gasteiger partial charge >= 0.3 is 0 Å². The molecule has 1 saturated heterocycles. The smallest absolute Gasteiger partial charge is 0.222 e. The second kappa shape index (κ2) is 3.01. The highest BCUT2D eigenvalue weighted by atomic mass is 16.2. The zero-order valence-electron chi connectivity index (χ0n) is 6.34. The Hall–Kier alpha value is -0.570. The van der Waals surface area contributed by atoms with Crippen molar-refractivity contribution in [3.05, 3.63) is 0 Å². The zero-order chi connectivity index (χ0) is 7.56. The first-order valence-electron chi connectivity index (χ1n) is 3.75. The fraction of sp³-hybridized carbons (Fsp3) is 0.857. The lowest BCUT2D eigenvalue weighted by Gasteiger charge is -2.38. The van der Waals surface area contributed by atoms with Crippen LogP contribution in [-0.4, -0.2) is 30.4 Å². The van der Waals surface area contributed by atoms with E-state index < -0.39 is 0 Å². The highest BCUT2D eigenvalue weighted by molar-refractivity contribution is 5.76. The van der Waals surface area contributed by atoms with E-state index in [0.717, 1.165) is 13.1 Å². The second-order valence-electron chi connectivity index (χ2n) is 2.75. The molecule has 58 valence electrons. The average molecular weight is 142 g/mol. The van der Waals surface area contributed by atoms with Crippen LogP contribution in [0.4, 0.5) is 0 Å². The van der Waals surface area contributed by atoms with E-state index in [9.17, 15) is 4.79 Å². The molecule has 0 unspecified atom stereocenters. The van der Waals surface area contributed by atoms with Gasteiger partial charge in [-0.25, -0.2) is 0 Å². The Kier molecular flexibility index (Phi) is 2.27. The van der Waals surface area contributed by atoms with Crippen molar-refractivity contribution in [1.29, 1.82) is 0 Å². The average Bonchev–Trinajstić information content (AvgIpc) is 1.85. The Bertz CT molecular complexity index is 130. The topological polar surface area (TPSA) is 46.3 Å². The summed E-state index contributed by atoms with van der Waals surface area (Å²) < 4.78 is 0. The van der Waals surface area contributed by atoms with Crippen molar-refractivity contribution in [1.82, 2.24) is 4.90 Å². The van der Waals surface area contributed by atoms with Gasteiger partial charge < -0.3 is 10.6 Å². The molecular formula is C7H14N2O. The third-order valence-electron chi connectivity index (χ3n) is 1.95. The molecule has 0 saturated carbocycles. The minimum absolute atomic E-state index is 0.254. The Labute approximate surface area is 61.2 Å². The number of rotatable bonds is 2. The summed E-state index contributed by atoms with van der Waals surface area (Å²) in [6.07, 6.45) is 0.622. The highest BCUT2D eigenvalue weighted by Gasteiger charge is 2.27. The molecule has 0 bridgehead atoms. The van der Waals surface area contributed by atoms with Gasteiger partial charge in [0, 0.05) is 25.4 Å². The summed E-state index contributed by atoms with van der Waals surface area (Å²) in [5.74, 6) is 0.820. The molecule has 0 aliphatic carbocycles. The first-order valence-corrected chi connectivity index (χ1v) is 3.75. The number of likely N-dealkylation sites (tertiary alicyclic amines) is 1. The van der Waals surface area contributed by atoms with Gasteiger partial charge in [-0.1, -0.05) is 6.92 Å². The Morgan fingerprint density at radius 2 is 2.30 bits per heavy atom. The maximum atomic E-state index is 10.9. The number of amides is 1. The summed E-state index contributed by atoms with van der Waals surface area (Å²) in [4.78, 5) is 12.8. The van der Waals surface area contributed by atoms with Crippen molar-refractivity contribution >= 4 is 5.91 Å². The third kappa shape index (κ3) is 1.29. The quantitative estimate of drug-likeness (QED) is 0.581. The first-order chi connectivity index (χ1) is 4.77. The minimum Gasteiger partial charge on any atom is -0.342 e. The van der Waals surface area contributed by atoms with Crippen molar-refractivity contribution in [3.8, 4) is 0 Å². The van der Waals surface area contributed by atoms with Gasteiger partial charge in [0.05, 0.1) is 0 Å². The number of hydrogen-bond donors (Lipinski definition) is 1. The van der Waals surface area contributed by atoms with Gasteiger partial charge in [0.15, 0.2) is 0 Å². The lowest BCUT2D eigenvalue weighted by molar-refractivity contribution is -0.136. The van der Waals surface area contributed by atoms with E-state index in [4.69, 9.17) is 5.73 Å². The number of hydrogen-bond acceptors (Lipinski definition) is 2. The molecule has 0 aromatic carbocycles. The van der Waals surface area contributed by atoms with Gasteiger partial charge in [-0.05, 0) is 6.54 Å². The SMILES string of the molecule is CCC(=O)N1CC(CN)C1. The molecule has 3 nitrogen and oxygen atoms in total. The molecule has 1 amide bonds. The highest BCUT2D eigenvalue weighted by Crippen LogP contribution is 2.14. The van der Waals surface area contributed by atoms with Gasteiger partial charge in [-0.3, -0.25) is 4.79 Å². The van der Waals surface area contributed by atoms with Crippen molar-refractivity contribution in [3.63, 3.8) is 0 Å². The van der Waals surface area contributed by atoms with E-state index in [-0.39, 0.29) is 5.91 Å². The van der Waals surface area contributed by atoms with Gasteiger partial charge in [-0.15, -0.1) is 0 Å². The lowest BCUT2D eigenvalue weighted by Crippen LogP contribution is -2.52. The maximum absolute atomic E-state index is 10.9. The molecule has 2 N–H and O–H groups in total. The summed E-state index contributed by atoms with van der Waals surface area (Å²) in [7, 11) is 0. The van der Waals surface area contributed by atoms with Crippen LogP contribution in [-0.2, 0) is 4.79 Å². The van der Waals surface area contributed by atoms with Crippen LogP contribution in [0.1, 0.15) is 13.3 Å². The Morgan fingerprint density at radius 1 is 1.70 bits per heavy atom. The van der Waals surface area contributed by atoms with Crippen molar-refractivity contribution < 1.29 is 4.79 Å². The molecule has 0 radical (unpaired) electrons. The maximum Gasteiger partial charge on any atom is 0.222 e. The van der Waals surface area contributed by atoms with Gasteiger partial charge in [-0.2, -0.15) is 0 Å². The van der Waals surface area contributed by atoms with Crippen molar-refractivity contribution in [2.75, 3.05) is 19.6 Å². The van der Waals surface area contributed by atoms with Crippen LogP contribution in [0.3, 0.4) is 0 Å². The molecule has 1 aliphatic rings. The monoisotopic (exact) mass is 142 g/mol. The largest absolute Gasteiger partial charge is 0.342 e. The molecule has 1 aliphatic heterocycles. The van der Waals surface area contributed by atoms with E-state index in [1.165, 1.54) is 0 Å². The van der Waals surface area contributed by atoms with Crippen LogP contribution in [0.5, 0.6) is 0 Å². The number of carbonyl (C=O) groups is 1. The molecule has 0 spiro atoms. The number of carbonyl (C=O) groups excluding carboxylic acids is 1. The van der Waals surface area contributed by atoms with Gasteiger partial charge in [0.2, 0.25) is 5.91 Å². The van der Waals surface area contributed by atoms with Crippen LogP contribution in [0.25, 0.3) is 0 Å². The van der Waals surface area contributed by atoms with E-state index in [1.54, 1.807) is 0 Å². The minimum atomic E-state index is 0.254. The van der Waals surface area contributed by atoms with E-state index in [0.29, 0.717) is 18.9 Å². The van der Waals surface area contributed by atoms with Crippen LogP contribution in [0.15, 0.2) is 0 Å². The first kappa shape index (κ1) is 7.54. The van der Waals surface area contributed by atoms with Crippen LogP contribution in [0, 0.1) is 5.92 Å². The summed E-state index contributed by atoms with van der Waals surface area (Å²) in [5.41, 5.74) is 5.40. The third-order valence-corrected chi connectivity index (χ3v) is 1.95. The van der Waals surface area contributed by atoms with Gasteiger partial charge in [0.1, 0.15) is 0 Å². The van der Waals surface area contributed by atoms with E-state index in [2.05, 4.69) is 0 Å². The van der Waals surface area contributed by atoms with Gasteiger partial charge in [0.25, 0.3) is 0 Å². The summed E-state index contributed by atoms with van der Waals surface area (Å²) in [5, 5.41) is 0. The molecule has 1 heterocycles. The van der Waals surface area contributed by atoms with Crippen LogP contribution >= 0.6 is 0 Å². The molecule has 1 rings (SSSR count). The van der Waals surface area contributed by atoms with Crippen molar-refractivity contribution in [2.24, 2.45) is 11.7 Å². The second-order valence-corrected chi connectivity index (χ2v) is 2.75. The normalized spacial score (nSPS) is 18.8. The zero-order valence-corrected chi connectivity index (χ0v) is 6.34. The Balaban J connectivity index is 2.19. The molecule has 0 aromatic rings. The summed E-state index contributed by atoms with van der Waals surface area (Å²) >= 11 is 0. The van der Waals surface area contributed by atoms with Crippen LogP contribution < -0.4 is 5.73 Å².